The minimum Gasteiger partial charge on any atom is -0.446 e. The average molecular weight is 317 g/mol. The lowest BCUT2D eigenvalue weighted by atomic mass is 9.75. The zero-order chi connectivity index (χ0) is 17.0. The summed E-state index contributed by atoms with van der Waals surface area (Å²) in [5.41, 5.74) is 1.01. The number of para-hydroxylation sites is 1. The number of hydrogen-bond acceptors (Lipinski definition) is 3. The Morgan fingerprint density at radius 2 is 1.91 bits per heavy atom. The average Bonchev–Trinajstić information content (AvgIpc) is 2.47. The molecular formula is C19H27NO3. The molecule has 0 heterocycles. The van der Waals surface area contributed by atoms with Gasteiger partial charge in [-0.3, -0.25) is 10.1 Å². The van der Waals surface area contributed by atoms with Crippen LogP contribution in [0.5, 0.6) is 0 Å². The number of ether oxygens (including phenoxy) is 1. The van der Waals surface area contributed by atoms with Crippen molar-refractivity contribution in [3.05, 3.63) is 29.8 Å². The summed E-state index contributed by atoms with van der Waals surface area (Å²) in [4.78, 5) is 23.9. The molecule has 1 aliphatic rings. The maximum absolute atomic E-state index is 12.3. The molecule has 1 aromatic rings. The van der Waals surface area contributed by atoms with Crippen molar-refractivity contribution in [1.29, 1.82) is 0 Å². The fourth-order valence-electron chi connectivity index (χ4n) is 3.43. The molecular weight excluding hydrogens is 290 g/mol. The summed E-state index contributed by atoms with van der Waals surface area (Å²) in [6.07, 6.45) is 2.68. The van der Waals surface area contributed by atoms with E-state index in [-0.39, 0.29) is 11.9 Å². The quantitative estimate of drug-likeness (QED) is 0.804. The van der Waals surface area contributed by atoms with Crippen molar-refractivity contribution in [2.75, 3.05) is 5.32 Å². The van der Waals surface area contributed by atoms with E-state index in [0.717, 1.165) is 12.8 Å². The van der Waals surface area contributed by atoms with Gasteiger partial charge in [-0.25, -0.2) is 4.79 Å². The van der Waals surface area contributed by atoms with E-state index < -0.39 is 6.09 Å². The lowest BCUT2D eigenvalue weighted by molar-refractivity contribution is 0.0126. The molecule has 1 aromatic carbocycles. The molecule has 0 bridgehead atoms. The van der Waals surface area contributed by atoms with E-state index in [1.165, 1.54) is 13.3 Å². The van der Waals surface area contributed by atoms with Crippen LogP contribution in [0.1, 0.15) is 57.3 Å². The van der Waals surface area contributed by atoms with Crippen LogP contribution in [-0.4, -0.2) is 18.0 Å². The van der Waals surface area contributed by atoms with Crippen molar-refractivity contribution in [3.63, 3.8) is 0 Å². The molecule has 23 heavy (non-hydrogen) atoms. The highest BCUT2D eigenvalue weighted by Crippen LogP contribution is 2.35. The first-order valence-electron chi connectivity index (χ1n) is 8.46. The molecule has 1 saturated carbocycles. The van der Waals surface area contributed by atoms with Gasteiger partial charge in [0, 0.05) is 5.56 Å². The van der Waals surface area contributed by atoms with Crippen molar-refractivity contribution in [2.24, 2.45) is 17.8 Å². The summed E-state index contributed by atoms with van der Waals surface area (Å²) in [6.45, 7) is 8.05. The highest BCUT2D eigenvalue weighted by Gasteiger charge is 2.33. The van der Waals surface area contributed by atoms with Gasteiger partial charge in [-0.2, -0.15) is 0 Å². The Balaban J connectivity index is 2.05. The molecule has 0 spiro atoms. The second-order valence-corrected chi connectivity index (χ2v) is 7.00. The predicted molar refractivity (Wildman–Crippen MR) is 91.7 cm³/mol. The van der Waals surface area contributed by atoms with E-state index in [1.807, 2.05) is 0 Å². The van der Waals surface area contributed by atoms with Gasteiger partial charge in [0.2, 0.25) is 0 Å². The number of carbonyl (C=O) groups excluding carboxylic acids is 2. The molecule has 4 nitrogen and oxygen atoms in total. The summed E-state index contributed by atoms with van der Waals surface area (Å²) >= 11 is 0. The monoisotopic (exact) mass is 317 g/mol. The van der Waals surface area contributed by atoms with Gasteiger partial charge in [0.15, 0.2) is 5.78 Å². The van der Waals surface area contributed by atoms with Gasteiger partial charge in [-0.05, 0) is 49.7 Å². The number of amides is 1. The maximum atomic E-state index is 12.3. The minimum atomic E-state index is -0.469. The van der Waals surface area contributed by atoms with Gasteiger partial charge in [-0.15, -0.1) is 0 Å². The van der Waals surface area contributed by atoms with Gasteiger partial charge in [0.05, 0.1) is 5.69 Å². The standard InChI is InChI=1S/C19H27NO3/c1-12(2)15-10-9-13(3)11-18(15)23-19(22)20-17-8-6-5-7-16(17)14(4)21/h5-8,12-13,15,18H,9-11H2,1-4H3,(H,20,22)/t13?,15-,18+/m0/s1. The molecule has 1 unspecified atom stereocenters. The highest BCUT2D eigenvalue weighted by atomic mass is 16.6. The molecule has 1 amide bonds. The molecule has 1 N–H and O–H groups in total. The van der Waals surface area contributed by atoms with Crippen molar-refractivity contribution < 1.29 is 14.3 Å². The fraction of sp³-hybridized carbons (Fsp3) is 0.579. The van der Waals surface area contributed by atoms with Crippen molar-refractivity contribution >= 4 is 17.6 Å². The van der Waals surface area contributed by atoms with Crippen LogP contribution in [0.2, 0.25) is 0 Å². The van der Waals surface area contributed by atoms with Gasteiger partial charge >= 0.3 is 6.09 Å². The summed E-state index contributed by atoms with van der Waals surface area (Å²) in [7, 11) is 0. The molecule has 4 heteroatoms. The Labute approximate surface area is 138 Å². The molecule has 0 radical (unpaired) electrons. The topological polar surface area (TPSA) is 55.4 Å². The Hall–Kier alpha value is -1.84. The number of benzene rings is 1. The van der Waals surface area contributed by atoms with Crippen LogP contribution in [0.3, 0.4) is 0 Å². The van der Waals surface area contributed by atoms with Crippen molar-refractivity contribution in [2.45, 2.75) is 53.1 Å². The van der Waals surface area contributed by atoms with Crippen LogP contribution >= 0.6 is 0 Å². The number of nitrogens with one attached hydrogen (secondary N) is 1. The number of Topliss-reactive ketones (excluding diaryl/α,β-unsaturated/α-hetero) is 1. The molecule has 0 aliphatic heterocycles. The fourth-order valence-corrected chi connectivity index (χ4v) is 3.43. The second-order valence-electron chi connectivity index (χ2n) is 7.00. The predicted octanol–water partition coefficient (Wildman–Crippen LogP) is 4.90. The van der Waals surface area contributed by atoms with E-state index in [4.69, 9.17) is 4.74 Å². The van der Waals surface area contributed by atoms with Crippen LogP contribution < -0.4 is 5.32 Å². The zero-order valence-corrected chi connectivity index (χ0v) is 14.5. The third kappa shape index (κ3) is 4.57. The molecule has 0 saturated heterocycles. The SMILES string of the molecule is CC(=O)c1ccccc1NC(=O)O[C@@H]1CC(C)CC[C@H]1C(C)C. The second kappa shape index (κ2) is 7.62. The molecule has 1 fully saturated rings. The Morgan fingerprint density at radius 3 is 2.57 bits per heavy atom. The Kier molecular flexibility index (Phi) is 5.80. The summed E-state index contributed by atoms with van der Waals surface area (Å²) in [6, 6.07) is 7.01. The van der Waals surface area contributed by atoms with E-state index in [0.29, 0.717) is 29.0 Å². The van der Waals surface area contributed by atoms with Crippen LogP contribution in [0, 0.1) is 17.8 Å². The van der Waals surface area contributed by atoms with Gasteiger partial charge in [-0.1, -0.05) is 39.3 Å². The van der Waals surface area contributed by atoms with E-state index in [1.54, 1.807) is 24.3 Å². The molecule has 2 rings (SSSR count). The number of rotatable bonds is 4. The zero-order valence-electron chi connectivity index (χ0n) is 14.5. The maximum Gasteiger partial charge on any atom is 0.411 e. The summed E-state index contributed by atoms with van der Waals surface area (Å²) in [5.74, 6) is 1.39. The van der Waals surface area contributed by atoms with Crippen LogP contribution in [-0.2, 0) is 4.74 Å². The van der Waals surface area contributed by atoms with Crippen molar-refractivity contribution in [1.82, 2.24) is 0 Å². The molecule has 3 atom stereocenters. The van der Waals surface area contributed by atoms with E-state index >= 15 is 0 Å². The minimum absolute atomic E-state index is 0.0526. The normalized spacial score (nSPS) is 24.3. The molecule has 1 aliphatic carbocycles. The van der Waals surface area contributed by atoms with Crippen LogP contribution in [0.25, 0.3) is 0 Å². The van der Waals surface area contributed by atoms with Crippen LogP contribution in [0.4, 0.5) is 10.5 Å². The summed E-state index contributed by atoms with van der Waals surface area (Å²) in [5, 5.41) is 2.73. The van der Waals surface area contributed by atoms with Gasteiger partial charge in [0.25, 0.3) is 0 Å². The summed E-state index contributed by atoms with van der Waals surface area (Å²) < 4.78 is 5.71. The smallest absolute Gasteiger partial charge is 0.411 e. The molecule has 126 valence electrons. The number of hydrogen-bond donors (Lipinski definition) is 1. The Morgan fingerprint density at radius 1 is 1.22 bits per heavy atom. The number of anilines is 1. The first-order valence-corrected chi connectivity index (χ1v) is 8.46. The number of carbonyl (C=O) groups is 2. The first-order chi connectivity index (χ1) is 10.9. The number of ketones is 1. The lowest BCUT2D eigenvalue weighted by Crippen LogP contribution is -2.37. The largest absolute Gasteiger partial charge is 0.446 e. The van der Waals surface area contributed by atoms with Gasteiger partial charge < -0.3 is 4.74 Å². The molecule has 0 aromatic heterocycles. The van der Waals surface area contributed by atoms with E-state index in [9.17, 15) is 9.59 Å². The van der Waals surface area contributed by atoms with Crippen molar-refractivity contribution in [3.8, 4) is 0 Å². The third-order valence-electron chi connectivity index (χ3n) is 4.76. The first kappa shape index (κ1) is 17.5. The van der Waals surface area contributed by atoms with E-state index in [2.05, 4.69) is 26.1 Å². The Bertz CT molecular complexity index is 567. The highest BCUT2D eigenvalue weighted by molar-refractivity contribution is 6.02. The third-order valence-corrected chi connectivity index (χ3v) is 4.76. The lowest BCUT2D eigenvalue weighted by Gasteiger charge is -2.36. The van der Waals surface area contributed by atoms with Gasteiger partial charge in [0.1, 0.15) is 6.10 Å². The van der Waals surface area contributed by atoms with Crippen LogP contribution in [0.15, 0.2) is 24.3 Å².